The predicted octanol–water partition coefficient (Wildman–Crippen LogP) is 1.92. The molecule has 0 fully saturated rings. The van der Waals surface area contributed by atoms with E-state index in [1.807, 2.05) is 32.0 Å². The highest BCUT2D eigenvalue weighted by Crippen LogP contribution is 2.15. The lowest BCUT2D eigenvalue weighted by Gasteiger charge is -2.09. The third-order valence-electron chi connectivity index (χ3n) is 4.13. The number of ether oxygens (including phenoxy) is 2. The molecule has 0 aliphatic carbocycles. The predicted molar refractivity (Wildman–Crippen MR) is 122 cm³/mol. The van der Waals surface area contributed by atoms with Crippen molar-refractivity contribution in [2.24, 2.45) is 5.10 Å². The molecule has 0 bridgehead atoms. The molecule has 2 aromatic rings. The number of rotatable bonds is 10. The van der Waals surface area contributed by atoms with Gasteiger partial charge in [0.05, 0.1) is 6.21 Å². The summed E-state index contributed by atoms with van der Waals surface area (Å²) in [5.74, 6) is -1.45. The largest absolute Gasteiger partial charge is 0.484 e. The van der Waals surface area contributed by atoms with Crippen LogP contribution in [0, 0.1) is 13.8 Å². The van der Waals surface area contributed by atoms with Crippen LogP contribution in [0.25, 0.3) is 0 Å². The number of benzene rings is 2. The number of nitrogens with one attached hydrogen (secondary N) is 3. The van der Waals surface area contributed by atoms with Gasteiger partial charge in [-0.1, -0.05) is 18.2 Å². The summed E-state index contributed by atoms with van der Waals surface area (Å²) in [6, 6.07) is 12.6. The fourth-order valence-electron chi connectivity index (χ4n) is 2.79. The molecule has 2 aromatic carbocycles. The van der Waals surface area contributed by atoms with Crippen molar-refractivity contribution in [2.45, 2.75) is 20.3 Å². The smallest absolute Gasteiger partial charge is 0.329 e. The minimum Gasteiger partial charge on any atom is -0.484 e. The molecule has 0 atom stereocenters. The van der Waals surface area contributed by atoms with Crippen LogP contribution in [-0.2, 0) is 19.1 Å². The van der Waals surface area contributed by atoms with Crippen LogP contribution >= 0.6 is 0 Å². The number of amides is 3. The second kappa shape index (κ2) is 12.9. The van der Waals surface area contributed by atoms with Gasteiger partial charge >= 0.3 is 11.8 Å². The maximum Gasteiger partial charge on any atom is 0.329 e. The van der Waals surface area contributed by atoms with Crippen molar-refractivity contribution in [1.29, 1.82) is 0 Å². The molecule has 0 aliphatic heterocycles. The van der Waals surface area contributed by atoms with Crippen molar-refractivity contribution in [3.05, 3.63) is 59.2 Å². The molecule has 3 amide bonds. The first-order valence-corrected chi connectivity index (χ1v) is 10.1. The number of carbonyl (C=O) groups excluding carboxylic acids is 3. The molecule has 9 heteroatoms. The normalized spacial score (nSPS) is 10.6. The Morgan fingerprint density at radius 2 is 1.78 bits per heavy atom. The Morgan fingerprint density at radius 1 is 1.03 bits per heavy atom. The summed E-state index contributed by atoms with van der Waals surface area (Å²) in [5, 5.41) is 9.04. The van der Waals surface area contributed by atoms with Crippen LogP contribution in [0.15, 0.2) is 47.6 Å². The van der Waals surface area contributed by atoms with E-state index in [1.165, 1.54) is 6.21 Å². The van der Waals surface area contributed by atoms with Gasteiger partial charge in [-0.3, -0.25) is 14.4 Å². The van der Waals surface area contributed by atoms with Gasteiger partial charge in [0.2, 0.25) is 0 Å². The van der Waals surface area contributed by atoms with E-state index in [9.17, 15) is 14.4 Å². The first-order valence-electron chi connectivity index (χ1n) is 10.1. The summed E-state index contributed by atoms with van der Waals surface area (Å²) in [7, 11) is 1.56. The van der Waals surface area contributed by atoms with Gasteiger partial charge in [-0.25, -0.2) is 5.43 Å². The van der Waals surface area contributed by atoms with Crippen LogP contribution in [-0.4, -0.2) is 50.8 Å². The molecule has 32 heavy (non-hydrogen) atoms. The van der Waals surface area contributed by atoms with Crippen molar-refractivity contribution < 1.29 is 23.9 Å². The van der Waals surface area contributed by atoms with Gasteiger partial charge in [-0.2, -0.15) is 5.10 Å². The van der Waals surface area contributed by atoms with Crippen LogP contribution in [0.2, 0.25) is 0 Å². The molecule has 0 radical (unpaired) electrons. The number of anilines is 1. The molecule has 0 aromatic heterocycles. The molecule has 0 spiro atoms. The monoisotopic (exact) mass is 440 g/mol. The maximum absolute atomic E-state index is 12.2. The number of aryl methyl sites for hydroxylation is 2. The summed E-state index contributed by atoms with van der Waals surface area (Å²) in [4.78, 5) is 35.5. The van der Waals surface area contributed by atoms with E-state index in [1.54, 1.807) is 31.4 Å². The van der Waals surface area contributed by atoms with Gasteiger partial charge in [-0.15, -0.1) is 0 Å². The van der Waals surface area contributed by atoms with Crippen molar-refractivity contribution in [3.8, 4) is 5.75 Å². The molecule has 170 valence electrons. The van der Waals surface area contributed by atoms with E-state index in [-0.39, 0.29) is 12.5 Å². The van der Waals surface area contributed by atoms with Crippen molar-refractivity contribution in [2.75, 3.05) is 32.2 Å². The molecule has 3 N–H and O–H groups in total. The highest BCUT2D eigenvalue weighted by Gasteiger charge is 2.11. The third kappa shape index (κ3) is 8.97. The first-order chi connectivity index (χ1) is 15.4. The quantitative estimate of drug-likeness (QED) is 0.226. The molecular weight excluding hydrogens is 412 g/mol. The molecule has 0 heterocycles. The number of hydrogen-bond donors (Lipinski definition) is 3. The average molecular weight is 441 g/mol. The SMILES string of the molecule is COCCCNC(=O)C(=O)N/N=C\c1cccc(OCC(=O)Nc2cc(C)cc(C)c2)c1. The zero-order valence-corrected chi connectivity index (χ0v) is 18.4. The zero-order chi connectivity index (χ0) is 23.3. The standard InChI is InChI=1S/C23H28N4O5/c1-16-10-17(2)12-19(11-16)26-21(28)15-32-20-7-4-6-18(13-20)14-25-27-23(30)22(29)24-8-5-9-31-3/h4,6-7,10-14H,5,8-9,15H2,1-3H3,(H,24,29)(H,26,28)(H,27,30)/b25-14-. The van der Waals surface area contributed by atoms with Crippen LogP contribution in [0.3, 0.4) is 0 Å². The molecule has 0 aliphatic rings. The zero-order valence-electron chi connectivity index (χ0n) is 18.4. The number of hydrazone groups is 1. The lowest BCUT2D eigenvalue weighted by molar-refractivity contribution is -0.139. The van der Waals surface area contributed by atoms with Crippen LogP contribution < -0.4 is 20.8 Å². The second-order valence-electron chi connectivity index (χ2n) is 7.09. The van der Waals surface area contributed by atoms with Crippen LogP contribution in [0.1, 0.15) is 23.1 Å². The van der Waals surface area contributed by atoms with E-state index in [2.05, 4.69) is 21.2 Å². The summed E-state index contributed by atoms with van der Waals surface area (Å²) in [6.45, 7) is 4.59. The fourth-order valence-corrected chi connectivity index (χ4v) is 2.79. The minimum absolute atomic E-state index is 0.159. The summed E-state index contributed by atoms with van der Waals surface area (Å²) in [6.07, 6.45) is 1.98. The average Bonchev–Trinajstić information content (AvgIpc) is 2.74. The summed E-state index contributed by atoms with van der Waals surface area (Å²) < 4.78 is 10.4. The van der Waals surface area contributed by atoms with E-state index < -0.39 is 11.8 Å². The number of nitrogens with zero attached hydrogens (tertiary/aromatic N) is 1. The van der Waals surface area contributed by atoms with Gasteiger partial charge in [0.15, 0.2) is 6.61 Å². The third-order valence-corrected chi connectivity index (χ3v) is 4.13. The Kier molecular flexibility index (Phi) is 9.86. The lowest BCUT2D eigenvalue weighted by atomic mass is 10.1. The van der Waals surface area contributed by atoms with Crippen molar-refractivity contribution in [3.63, 3.8) is 0 Å². The van der Waals surface area contributed by atoms with Gasteiger partial charge in [0, 0.05) is 25.9 Å². The van der Waals surface area contributed by atoms with Gasteiger partial charge in [0.25, 0.3) is 5.91 Å². The lowest BCUT2D eigenvalue weighted by Crippen LogP contribution is -2.38. The summed E-state index contributed by atoms with van der Waals surface area (Å²) >= 11 is 0. The van der Waals surface area contributed by atoms with E-state index >= 15 is 0 Å². The van der Waals surface area contributed by atoms with E-state index in [0.717, 1.165) is 16.8 Å². The molecule has 9 nitrogen and oxygen atoms in total. The highest BCUT2D eigenvalue weighted by atomic mass is 16.5. The molecule has 0 saturated carbocycles. The van der Waals surface area contributed by atoms with Crippen molar-refractivity contribution >= 4 is 29.6 Å². The second-order valence-corrected chi connectivity index (χ2v) is 7.09. The minimum atomic E-state index is -0.867. The summed E-state index contributed by atoms with van der Waals surface area (Å²) in [5.41, 5.74) is 5.62. The first kappa shape index (κ1) is 24.5. The Labute approximate surface area is 187 Å². The van der Waals surface area contributed by atoms with Gasteiger partial charge < -0.3 is 20.1 Å². The topological polar surface area (TPSA) is 118 Å². The Bertz CT molecular complexity index is 954. The van der Waals surface area contributed by atoms with Crippen LogP contribution in [0.5, 0.6) is 5.75 Å². The molecular formula is C23H28N4O5. The molecule has 2 rings (SSSR count). The Balaban J connectivity index is 1.80. The number of carbonyl (C=O) groups is 3. The number of hydrogen-bond acceptors (Lipinski definition) is 6. The van der Waals surface area contributed by atoms with E-state index in [4.69, 9.17) is 9.47 Å². The van der Waals surface area contributed by atoms with E-state index in [0.29, 0.717) is 30.9 Å². The highest BCUT2D eigenvalue weighted by molar-refractivity contribution is 6.35. The van der Waals surface area contributed by atoms with Gasteiger partial charge in [-0.05, 0) is 61.2 Å². The fraction of sp³-hybridized carbons (Fsp3) is 0.304. The Morgan fingerprint density at radius 3 is 2.50 bits per heavy atom. The van der Waals surface area contributed by atoms with Gasteiger partial charge in [0.1, 0.15) is 5.75 Å². The maximum atomic E-state index is 12.2. The van der Waals surface area contributed by atoms with Crippen molar-refractivity contribution in [1.82, 2.24) is 10.7 Å². The number of methoxy groups -OCH3 is 1. The Hall–Kier alpha value is -3.72. The molecule has 0 unspecified atom stereocenters. The molecule has 0 saturated heterocycles. The van der Waals surface area contributed by atoms with Crippen LogP contribution in [0.4, 0.5) is 5.69 Å².